The lowest BCUT2D eigenvalue weighted by Crippen LogP contribution is -2.68. The van der Waals surface area contributed by atoms with Crippen LogP contribution in [0.15, 0.2) is 59.5 Å². The zero-order valence-electron chi connectivity index (χ0n) is 22.4. The molecule has 0 bridgehead atoms. The summed E-state index contributed by atoms with van der Waals surface area (Å²) >= 11 is 0. The first-order chi connectivity index (χ1) is 20.2. The number of nitrogens with one attached hydrogen (secondary N) is 2. The maximum atomic E-state index is 13.0. The second kappa shape index (κ2) is 12.1. The molecule has 3 aromatic rings. The number of hydrogen-bond donors (Lipinski definition) is 4. The lowest BCUT2D eigenvalue weighted by atomic mass is 9.87. The Balaban J connectivity index is 1.50. The van der Waals surface area contributed by atoms with Crippen molar-refractivity contribution in [1.29, 1.82) is 0 Å². The van der Waals surface area contributed by atoms with Crippen LogP contribution in [0.2, 0.25) is 0 Å². The number of carbonyl (C=O) groups is 3. The molecule has 0 aliphatic carbocycles. The van der Waals surface area contributed by atoms with Crippen LogP contribution in [0.5, 0.6) is 5.75 Å². The summed E-state index contributed by atoms with van der Waals surface area (Å²) < 4.78 is 73.2. The van der Waals surface area contributed by atoms with Crippen molar-refractivity contribution in [3.63, 3.8) is 0 Å². The first kappa shape index (κ1) is 31.6. The highest BCUT2D eigenvalue weighted by Crippen LogP contribution is 2.25. The molecule has 1 aromatic heterocycles. The van der Waals surface area contributed by atoms with Crippen molar-refractivity contribution in [2.24, 2.45) is 0 Å². The number of aromatic nitrogens is 1. The van der Waals surface area contributed by atoms with Gasteiger partial charge in [0.05, 0.1) is 22.9 Å². The maximum Gasteiger partial charge on any atom is 0.498 e. The predicted octanol–water partition coefficient (Wildman–Crippen LogP) is 0.278. The second-order valence-electron chi connectivity index (χ2n) is 9.66. The number of sulfonamides is 1. The zero-order chi connectivity index (χ0) is 31.6. The van der Waals surface area contributed by atoms with Crippen molar-refractivity contribution in [2.75, 3.05) is 13.1 Å². The van der Waals surface area contributed by atoms with Crippen LogP contribution < -0.4 is 24.5 Å². The molecule has 1 saturated heterocycles. The number of piperidine rings is 1. The normalized spacial score (nSPS) is 19.1. The van der Waals surface area contributed by atoms with Gasteiger partial charge in [-0.05, 0) is 36.8 Å². The van der Waals surface area contributed by atoms with Crippen molar-refractivity contribution < 1.29 is 60.6 Å². The quantitative estimate of drug-likeness (QED) is 0.112. The van der Waals surface area contributed by atoms with E-state index in [1.807, 2.05) is 0 Å². The molecule has 13 nitrogen and oxygen atoms in total. The largest absolute Gasteiger partial charge is 0.498 e. The summed E-state index contributed by atoms with van der Waals surface area (Å²) in [6, 6.07) is 11.5. The predicted molar refractivity (Wildman–Crippen MR) is 139 cm³/mol. The zero-order valence-corrected chi connectivity index (χ0v) is 23.2. The molecule has 43 heavy (non-hydrogen) atoms. The van der Waals surface area contributed by atoms with E-state index >= 15 is 0 Å². The van der Waals surface area contributed by atoms with Crippen LogP contribution in [0.1, 0.15) is 17.7 Å². The number of aliphatic hydroxyl groups is 1. The summed E-state index contributed by atoms with van der Waals surface area (Å²) in [5.41, 5.74) is -0.256. The Morgan fingerprint density at radius 2 is 1.86 bits per heavy atom. The van der Waals surface area contributed by atoms with Gasteiger partial charge >= 0.3 is 12.1 Å². The number of amides is 2. The van der Waals surface area contributed by atoms with Gasteiger partial charge in [-0.15, -0.1) is 0 Å². The number of para-hydroxylation sites is 1. The Kier molecular flexibility index (Phi) is 8.91. The highest BCUT2D eigenvalue weighted by molar-refractivity contribution is 7.89. The van der Waals surface area contributed by atoms with Crippen molar-refractivity contribution in [3.05, 3.63) is 65.9 Å². The van der Waals surface area contributed by atoms with E-state index in [1.165, 1.54) is 48.8 Å². The van der Waals surface area contributed by atoms with Gasteiger partial charge in [-0.2, -0.15) is 18.0 Å². The number of β-amino-alcohol motifs (C(OH)–C–C–N with tert-alkyl or cyclic N) is 1. The molecule has 0 spiro atoms. The molecule has 0 radical (unpaired) electrons. The number of ether oxygens (including phenoxy) is 1. The van der Waals surface area contributed by atoms with E-state index in [2.05, 4.69) is 9.56 Å². The number of hydrogen-bond acceptors (Lipinski definition) is 9. The van der Waals surface area contributed by atoms with Crippen molar-refractivity contribution >= 4 is 39.2 Å². The summed E-state index contributed by atoms with van der Waals surface area (Å²) in [5.74, 6) is -3.44. The smallest absolute Gasteiger partial charge is 0.489 e. The Labute approximate surface area is 242 Å². The third-order valence-electron chi connectivity index (χ3n) is 6.77. The number of pyridine rings is 1. The Bertz CT molecular complexity index is 1650. The van der Waals surface area contributed by atoms with E-state index in [0.717, 1.165) is 9.63 Å². The molecule has 0 unspecified atom stereocenters. The number of likely N-dealkylation sites (tertiary alicyclic amines) is 1. The Morgan fingerprint density at radius 3 is 2.49 bits per heavy atom. The molecule has 1 fully saturated rings. The van der Waals surface area contributed by atoms with E-state index in [9.17, 15) is 41.1 Å². The molecule has 2 aromatic carbocycles. The number of rotatable bonds is 9. The molecule has 17 heteroatoms. The number of alkyl halides is 3. The summed E-state index contributed by atoms with van der Waals surface area (Å²) in [6.07, 6.45) is -4.93. The molecule has 2 atom stereocenters. The van der Waals surface area contributed by atoms with Gasteiger partial charge in [-0.1, -0.05) is 12.1 Å². The van der Waals surface area contributed by atoms with Gasteiger partial charge in [-0.25, -0.2) is 23.4 Å². The van der Waals surface area contributed by atoms with Crippen LogP contribution in [0.4, 0.5) is 13.2 Å². The number of nitrogens with zero attached hydrogens (tertiary/aromatic N) is 2. The average molecular weight is 628 g/mol. The second-order valence-corrected chi connectivity index (χ2v) is 11.4. The molecule has 4 rings (SSSR count). The fraction of sp³-hybridized carbons (Fsp3) is 0.308. The number of benzene rings is 2. The first-order valence-electron chi connectivity index (χ1n) is 12.5. The third kappa shape index (κ3) is 6.69. The molecular formula is C26H26F3N4O9S+. The van der Waals surface area contributed by atoms with Gasteiger partial charge in [-0.3, -0.25) is 14.8 Å². The van der Waals surface area contributed by atoms with Crippen molar-refractivity contribution in [1.82, 2.24) is 15.1 Å². The maximum absolute atomic E-state index is 13.0. The SMILES string of the molecule is Cc1cc(COc2ccc(S(=O)(=O)N[C@@H]3CCN(C=O)C[C@@]3(O)C(=O)NO)cc2)c2ccccc2[n+]1OC(=O)C(F)(F)F. The topological polar surface area (TPSA) is 175 Å². The van der Waals surface area contributed by atoms with Gasteiger partial charge in [0, 0.05) is 35.9 Å². The van der Waals surface area contributed by atoms with Crippen LogP contribution >= 0.6 is 0 Å². The number of hydroxylamine groups is 1. The summed E-state index contributed by atoms with van der Waals surface area (Å²) in [7, 11) is -4.30. The minimum Gasteiger partial charge on any atom is -0.489 e. The lowest BCUT2D eigenvalue weighted by molar-refractivity contribution is -0.854. The monoisotopic (exact) mass is 627 g/mol. The van der Waals surface area contributed by atoms with Gasteiger partial charge in [0.15, 0.2) is 5.60 Å². The minimum absolute atomic E-state index is 0.0445. The van der Waals surface area contributed by atoms with Gasteiger partial charge < -0.3 is 14.7 Å². The summed E-state index contributed by atoms with van der Waals surface area (Å²) in [6.45, 7) is 0.850. The third-order valence-corrected chi connectivity index (χ3v) is 8.26. The van der Waals surface area contributed by atoms with E-state index in [-0.39, 0.29) is 41.4 Å². The van der Waals surface area contributed by atoms with Crippen molar-refractivity contribution in [2.45, 2.75) is 42.7 Å². The standard InChI is InChI=1S/C26H25F3N4O9S/c1-16-12-17(20-4-2-3-5-21(20)33(16)42-24(36)26(27,28)29)13-41-18-6-8-19(9-7-18)43(39,40)31-22-10-11-32(15-34)14-25(22,37)23(35)30-38/h2-9,12,15,22,31,37H,10-11,13-14H2,1H3,(H-,30,35,38)/p+1/t22-,25+/m1/s1. The molecule has 0 saturated carbocycles. The molecular weight excluding hydrogens is 601 g/mol. The molecule has 1 aliphatic rings. The fourth-order valence-electron chi connectivity index (χ4n) is 4.61. The van der Waals surface area contributed by atoms with Gasteiger partial charge in [0.1, 0.15) is 12.4 Å². The van der Waals surface area contributed by atoms with E-state index in [1.54, 1.807) is 18.2 Å². The van der Waals surface area contributed by atoms with Crippen LogP contribution in [0.3, 0.4) is 0 Å². The van der Waals surface area contributed by atoms with E-state index < -0.39 is 46.3 Å². The first-order valence-corrected chi connectivity index (χ1v) is 14.0. The molecule has 230 valence electrons. The van der Waals surface area contributed by atoms with Crippen LogP contribution in [0, 0.1) is 6.92 Å². The van der Waals surface area contributed by atoms with Gasteiger partial charge in [0.2, 0.25) is 22.1 Å². The molecule has 1 aliphatic heterocycles. The minimum atomic E-state index is -5.19. The van der Waals surface area contributed by atoms with E-state index in [0.29, 0.717) is 17.4 Å². The average Bonchev–Trinajstić information content (AvgIpc) is 2.97. The van der Waals surface area contributed by atoms with Crippen LogP contribution in [-0.4, -0.2) is 72.8 Å². The highest BCUT2D eigenvalue weighted by atomic mass is 32.2. The van der Waals surface area contributed by atoms with Crippen molar-refractivity contribution in [3.8, 4) is 5.75 Å². The highest BCUT2D eigenvalue weighted by Gasteiger charge is 2.50. The lowest BCUT2D eigenvalue weighted by Gasteiger charge is -2.41. The Morgan fingerprint density at radius 1 is 1.19 bits per heavy atom. The number of aryl methyl sites for hydroxylation is 1. The van der Waals surface area contributed by atoms with Crippen LogP contribution in [0.25, 0.3) is 10.9 Å². The summed E-state index contributed by atoms with van der Waals surface area (Å²) in [5, 5.41) is 20.3. The van der Waals surface area contributed by atoms with Crippen LogP contribution in [-0.2, 0) is 31.0 Å². The van der Waals surface area contributed by atoms with E-state index in [4.69, 9.17) is 9.94 Å². The number of carbonyl (C=O) groups excluding carboxylic acids is 3. The number of halogens is 3. The summed E-state index contributed by atoms with van der Waals surface area (Å²) in [4.78, 5) is 40.1. The molecule has 4 N–H and O–H groups in total. The molecule has 2 heterocycles. The number of fused-ring (bicyclic) bond motifs is 1. The fourth-order valence-corrected chi connectivity index (χ4v) is 5.93. The molecule has 2 amide bonds. The Hall–Kier alpha value is -4.32. The van der Waals surface area contributed by atoms with Gasteiger partial charge in [0.25, 0.3) is 11.4 Å².